The molecule has 0 heterocycles. The first-order valence-electron chi connectivity index (χ1n) is 7.79. The molecule has 2 nitrogen and oxygen atoms in total. The summed E-state index contributed by atoms with van der Waals surface area (Å²) in [6, 6.07) is 20.1. The lowest BCUT2D eigenvalue weighted by molar-refractivity contribution is -0.130. The Morgan fingerprint density at radius 1 is 1.09 bits per heavy atom. The Balaban J connectivity index is 2.38. The number of carbonyl (C=O) groups is 1. The molecule has 0 aliphatic carbocycles. The van der Waals surface area contributed by atoms with E-state index in [0.717, 1.165) is 11.1 Å². The van der Waals surface area contributed by atoms with E-state index in [4.69, 9.17) is 0 Å². The minimum atomic E-state index is -0.0434. The average Bonchev–Trinajstić information content (AvgIpc) is 2.59. The Hall–Kier alpha value is -2.61. The molecule has 2 heteroatoms. The normalized spacial score (nSPS) is 11.5. The molecular formula is C21H23NO. The second-order valence-corrected chi connectivity index (χ2v) is 5.65. The van der Waals surface area contributed by atoms with Gasteiger partial charge >= 0.3 is 0 Å². The molecule has 0 aliphatic rings. The van der Waals surface area contributed by atoms with E-state index in [2.05, 4.69) is 25.3 Å². The van der Waals surface area contributed by atoms with Crippen molar-refractivity contribution in [3.05, 3.63) is 96.6 Å². The monoisotopic (exact) mass is 305 g/mol. The number of nitrogens with zero attached hydrogens (tertiary/aromatic N) is 1. The van der Waals surface area contributed by atoms with Crippen LogP contribution in [0.25, 0.3) is 0 Å². The van der Waals surface area contributed by atoms with Gasteiger partial charge in [0.05, 0.1) is 6.04 Å². The maximum absolute atomic E-state index is 12.7. The highest BCUT2D eigenvalue weighted by atomic mass is 16.2. The first-order chi connectivity index (χ1) is 11.1. The molecule has 0 radical (unpaired) electrons. The number of rotatable bonds is 7. The van der Waals surface area contributed by atoms with Crippen LogP contribution in [0, 0.1) is 0 Å². The van der Waals surface area contributed by atoms with E-state index < -0.39 is 0 Å². The van der Waals surface area contributed by atoms with Crippen molar-refractivity contribution in [3.8, 4) is 0 Å². The van der Waals surface area contributed by atoms with Gasteiger partial charge in [0.2, 0.25) is 5.91 Å². The van der Waals surface area contributed by atoms with Crippen molar-refractivity contribution < 1.29 is 4.79 Å². The van der Waals surface area contributed by atoms with Gasteiger partial charge in [-0.15, -0.1) is 6.58 Å². The fourth-order valence-corrected chi connectivity index (χ4v) is 2.63. The Kier molecular flexibility index (Phi) is 5.93. The van der Waals surface area contributed by atoms with Crippen molar-refractivity contribution in [2.45, 2.75) is 25.9 Å². The number of carbonyl (C=O) groups excluding carboxylic acids is 1. The molecule has 0 bridgehead atoms. The van der Waals surface area contributed by atoms with Crippen LogP contribution in [0.1, 0.15) is 30.5 Å². The third-order valence-corrected chi connectivity index (χ3v) is 3.77. The quantitative estimate of drug-likeness (QED) is 0.526. The zero-order valence-electron chi connectivity index (χ0n) is 13.6. The second-order valence-electron chi connectivity index (χ2n) is 5.65. The van der Waals surface area contributed by atoms with E-state index in [9.17, 15) is 4.79 Å². The number of amides is 1. The van der Waals surface area contributed by atoms with Crippen LogP contribution in [0.3, 0.4) is 0 Å². The molecule has 0 saturated carbocycles. The topological polar surface area (TPSA) is 20.3 Å². The first-order valence-corrected chi connectivity index (χ1v) is 7.79. The third-order valence-electron chi connectivity index (χ3n) is 3.77. The van der Waals surface area contributed by atoms with E-state index in [-0.39, 0.29) is 11.9 Å². The molecule has 0 spiro atoms. The summed E-state index contributed by atoms with van der Waals surface area (Å²) in [5.74, 6) is -0.0236. The van der Waals surface area contributed by atoms with Crippen LogP contribution in [-0.2, 0) is 11.3 Å². The Morgan fingerprint density at radius 2 is 1.65 bits per heavy atom. The maximum Gasteiger partial charge on any atom is 0.249 e. The lowest BCUT2D eigenvalue weighted by atomic mass is 10.00. The van der Waals surface area contributed by atoms with Gasteiger partial charge in [-0.3, -0.25) is 4.79 Å². The van der Waals surface area contributed by atoms with E-state index in [1.54, 1.807) is 6.92 Å². The van der Waals surface area contributed by atoms with Crippen molar-refractivity contribution in [3.63, 3.8) is 0 Å². The predicted molar refractivity (Wildman–Crippen MR) is 95.8 cm³/mol. The fourth-order valence-electron chi connectivity index (χ4n) is 2.63. The molecule has 1 amide bonds. The van der Waals surface area contributed by atoms with Crippen LogP contribution in [0.5, 0.6) is 0 Å². The van der Waals surface area contributed by atoms with Crippen LogP contribution < -0.4 is 0 Å². The summed E-state index contributed by atoms with van der Waals surface area (Å²) in [6.45, 7) is 10.0. The van der Waals surface area contributed by atoms with Gasteiger partial charge in [-0.1, -0.05) is 73.3 Å². The van der Waals surface area contributed by atoms with Crippen LogP contribution in [0.2, 0.25) is 0 Å². The maximum atomic E-state index is 12.7. The highest BCUT2D eigenvalue weighted by Crippen LogP contribution is 2.28. The second kappa shape index (κ2) is 8.14. The third kappa shape index (κ3) is 4.43. The smallest absolute Gasteiger partial charge is 0.249 e. The summed E-state index contributed by atoms with van der Waals surface area (Å²) in [6.07, 6.45) is 2.57. The van der Waals surface area contributed by atoms with Gasteiger partial charge in [0.25, 0.3) is 0 Å². The summed E-state index contributed by atoms with van der Waals surface area (Å²) in [5.41, 5.74) is 2.76. The van der Waals surface area contributed by atoms with Gasteiger partial charge in [-0.25, -0.2) is 0 Å². The Bertz CT molecular complexity index is 661. The molecule has 1 atom stereocenters. The molecular weight excluding hydrogens is 282 g/mol. The van der Waals surface area contributed by atoms with Crippen LogP contribution >= 0.6 is 0 Å². The highest BCUT2D eigenvalue weighted by Gasteiger charge is 2.24. The molecule has 23 heavy (non-hydrogen) atoms. The molecule has 0 N–H and O–H groups in total. The molecule has 2 aromatic rings. The lowest BCUT2D eigenvalue weighted by Crippen LogP contribution is -2.34. The van der Waals surface area contributed by atoms with E-state index in [1.807, 2.05) is 59.5 Å². The largest absolute Gasteiger partial charge is 0.327 e. The molecule has 118 valence electrons. The van der Waals surface area contributed by atoms with Crippen LogP contribution in [0.15, 0.2) is 85.5 Å². The van der Waals surface area contributed by atoms with Crippen molar-refractivity contribution in [2.24, 2.45) is 0 Å². The molecule has 0 fully saturated rings. The summed E-state index contributed by atoms with van der Waals surface area (Å²) < 4.78 is 0. The Labute approximate surface area is 138 Å². The molecule has 0 aliphatic heterocycles. The van der Waals surface area contributed by atoms with E-state index in [1.165, 1.54) is 0 Å². The van der Waals surface area contributed by atoms with Gasteiger partial charge in [0.15, 0.2) is 0 Å². The van der Waals surface area contributed by atoms with Crippen molar-refractivity contribution in [1.82, 2.24) is 4.90 Å². The number of hydrogen-bond acceptors (Lipinski definition) is 1. The fraction of sp³-hybridized carbons (Fsp3) is 0.190. The van der Waals surface area contributed by atoms with Crippen LogP contribution in [-0.4, -0.2) is 10.8 Å². The molecule has 0 saturated heterocycles. The van der Waals surface area contributed by atoms with Crippen molar-refractivity contribution in [1.29, 1.82) is 0 Å². The lowest BCUT2D eigenvalue weighted by Gasteiger charge is -2.32. The minimum Gasteiger partial charge on any atom is -0.327 e. The molecule has 0 aromatic heterocycles. The van der Waals surface area contributed by atoms with Gasteiger partial charge in [0.1, 0.15) is 0 Å². The number of hydrogen-bond donors (Lipinski definition) is 0. The van der Waals surface area contributed by atoms with Gasteiger partial charge < -0.3 is 4.90 Å². The summed E-state index contributed by atoms with van der Waals surface area (Å²) in [4.78, 5) is 14.6. The molecule has 2 aromatic carbocycles. The summed E-state index contributed by atoms with van der Waals surface area (Å²) in [7, 11) is 0. The van der Waals surface area contributed by atoms with Gasteiger partial charge in [-0.2, -0.15) is 0 Å². The van der Waals surface area contributed by atoms with E-state index in [0.29, 0.717) is 18.5 Å². The summed E-state index contributed by atoms with van der Waals surface area (Å²) in [5, 5.41) is 0. The predicted octanol–water partition coefficient (Wildman–Crippen LogP) is 4.91. The standard InChI is InChI=1S/C21H23NO/c1-4-11-20(19-14-9-6-10-15-19)22(21(23)17(2)3)16-18-12-7-5-8-13-18/h4-10,12-15,20H,1-2,11,16H2,3H3. The van der Waals surface area contributed by atoms with Crippen molar-refractivity contribution in [2.75, 3.05) is 0 Å². The SMILES string of the molecule is C=CCC(c1ccccc1)N(Cc1ccccc1)C(=O)C(=C)C. The number of benzene rings is 2. The summed E-state index contributed by atoms with van der Waals surface area (Å²) >= 11 is 0. The molecule has 2 rings (SSSR count). The van der Waals surface area contributed by atoms with Gasteiger partial charge in [0, 0.05) is 12.1 Å². The highest BCUT2D eigenvalue weighted by molar-refractivity contribution is 5.92. The van der Waals surface area contributed by atoms with E-state index >= 15 is 0 Å². The molecule has 1 unspecified atom stereocenters. The zero-order chi connectivity index (χ0) is 16.7. The minimum absolute atomic E-state index is 0.0236. The average molecular weight is 305 g/mol. The van der Waals surface area contributed by atoms with Crippen LogP contribution in [0.4, 0.5) is 0 Å². The van der Waals surface area contributed by atoms with Gasteiger partial charge in [-0.05, 0) is 24.5 Å². The first kappa shape index (κ1) is 16.8. The zero-order valence-corrected chi connectivity index (χ0v) is 13.6. The van der Waals surface area contributed by atoms with Crippen molar-refractivity contribution >= 4 is 5.91 Å². The Morgan fingerprint density at radius 3 is 2.17 bits per heavy atom.